The number of nitrogens with zero attached hydrogens (tertiary/aromatic N) is 2. The molecule has 2 heterocycles. The molecule has 0 radical (unpaired) electrons. The summed E-state index contributed by atoms with van der Waals surface area (Å²) < 4.78 is 5.03. The number of aromatic nitrogens is 2. The van der Waals surface area contributed by atoms with Crippen LogP contribution in [-0.2, 0) is 6.42 Å². The van der Waals surface area contributed by atoms with Crippen molar-refractivity contribution in [3.05, 3.63) is 23.2 Å². The fourth-order valence-electron chi connectivity index (χ4n) is 1.32. The van der Waals surface area contributed by atoms with E-state index in [0.717, 1.165) is 34.2 Å². The number of hydrogen-bond acceptors (Lipinski definition) is 5. The van der Waals surface area contributed by atoms with Crippen molar-refractivity contribution >= 4 is 11.3 Å². The Morgan fingerprint density at radius 3 is 3.00 bits per heavy atom. The minimum absolute atomic E-state index is 0.846. The summed E-state index contributed by atoms with van der Waals surface area (Å²) in [6.07, 6.45) is 4.59. The third kappa shape index (κ3) is 2.24. The van der Waals surface area contributed by atoms with E-state index in [1.165, 1.54) is 0 Å². The zero-order chi connectivity index (χ0) is 10.7. The van der Waals surface area contributed by atoms with Crippen LogP contribution in [0.2, 0.25) is 0 Å². The molecule has 2 aromatic heterocycles. The van der Waals surface area contributed by atoms with Gasteiger partial charge in [0.15, 0.2) is 0 Å². The lowest BCUT2D eigenvalue weighted by atomic mass is 10.2. The molecule has 0 amide bonds. The quantitative estimate of drug-likeness (QED) is 0.859. The highest BCUT2D eigenvalue weighted by atomic mass is 32.1. The molecule has 4 nitrogen and oxygen atoms in total. The van der Waals surface area contributed by atoms with Gasteiger partial charge in [0.2, 0.25) is 0 Å². The normalized spacial score (nSPS) is 10.8. The molecule has 0 aromatic carbocycles. The molecule has 0 bridgehead atoms. The predicted octanol–water partition coefficient (Wildman–Crippen LogP) is 1.87. The largest absolute Gasteiger partial charge is 0.361 e. The summed E-state index contributed by atoms with van der Waals surface area (Å²) >= 11 is 1.69. The minimum atomic E-state index is 0.846. The van der Waals surface area contributed by atoms with Crippen molar-refractivity contribution in [2.24, 2.45) is 0 Å². The van der Waals surface area contributed by atoms with Crippen molar-refractivity contribution in [2.45, 2.75) is 13.3 Å². The van der Waals surface area contributed by atoms with E-state index in [0.29, 0.717) is 0 Å². The molecule has 1 N–H and O–H groups in total. The van der Waals surface area contributed by atoms with Gasteiger partial charge in [0.25, 0.3) is 0 Å². The average molecular weight is 223 g/mol. The smallest absolute Gasteiger partial charge is 0.142 e. The molecule has 80 valence electrons. The highest BCUT2D eigenvalue weighted by Crippen LogP contribution is 2.28. The Morgan fingerprint density at radius 2 is 2.33 bits per heavy atom. The van der Waals surface area contributed by atoms with Crippen molar-refractivity contribution in [3.8, 4) is 10.4 Å². The van der Waals surface area contributed by atoms with E-state index in [-0.39, 0.29) is 0 Å². The van der Waals surface area contributed by atoms with E-state index in [2.05, 4.69) is 15.5 Å². The first-order valence-corrected chi connectivity index (χ1v) is 5.64. The van der Waals surface area contributed by atoms with Gasteiger partial charge < -0.3 is 9.84 Å². The number of aryl methyl sites for hydroxylation is 1. The number of rotatable bonds is 4. The molecule has 0 saturated carbocycles. The Hall–Kier alpha value is -1.20. The summed E-state index contributed by atoms with van der Waals surface area (Å²) in [7, 11) is 1.94. The van der Waals surface area contributed by atoms with Gasteiger partial charge in [-0.05, 0) is 14.0 Å². The van der Waals surface area contributed by atoms with Gasteiger partial charge in [-0.3, -0.25) is 0 Å². The van der Waals surface area contributed by atoms with Crippen LogP contribution in [-0.4, -0.2) is 23.7 Å². The lowest BCUT2D eigenvalue weighted by molar-refractivity contribution is 0.398. The van der Waals surface area contributed by atoms with Crippen molar-refractivity contribution in [1.29, 1.82) is 0 Å². The van der Waals surface area contributed by atoms with Crippen LogP contribution in [0.5, 0.6) is 0 Å². The summed E-state index contributed by atoms with van der Waals surface area (Å²) in [5, 5.41) is 8.01. The summed E-state index contributed by atoms with van der Waals surface area (Å²) in [5.41, 5.74) is 1.04. The maximum absolute atomic E-state index is 5.03. The van der Waals surface area contributed by atoms with E-state index in [9.17, 15) is 0 Å². The first-order chi connectivity index (χ1) is 7.31. The Bertz CT molecular complexity index is 435. The SMILES string of the molecule is CNCCc1ncc(-c2cnoc2C)s1. The van der Waals surface area contributed by atoms with Crippen LogP contribution in [0.25, 0.3) is 10.4 Å². The Balaban J connectivity index is 2.17. The molecule has 0 fully saturated rings. The van der Waals surface area contributed by atoms with Crippen LogP contribution in [0, 0.1) is 6.92 Å². The lowest BCUT2D eigenvalue weighted by Crippen LogP contribution is -2.09. The molecule has 15 heavy (non-hydrogen) atoms. The zero-order valence-corrected chi connectivity index (χ0v) is 9.60. The second kappa shape index (κ2) is 4.55. The van der Waals surface area contributed by atoms with Crippen LogP contribution in [0.3, 0.4) is 0 Å². The summed E-state index contributed by atoms with van der Waals surface area (Å²) in [5.74, 6) is 0.846. The number of nitrogens with one attached hydrogen (secondary N) is 1. The van der Waals surface area contributed by atoms with Crippen LogP contribution >= 0.6 is 11.3 Å². The molecule has 0 unspecified atom stereocenters. The van der Waals surface area contributed by atoms with E-state index in [1.807, 2.05) is 20.2 Å². The number of thiazole rings is 1. The third-order valence-electron chi connectivity index (χ3n) is 2.16. The highest BCUT2D eigenvalue weighted by molar-refractivity contribution is 7.15. The second-order valence-electron chi connectivity index (χ2n) is 3.27. The molecule has 0 aliphatic heterocycles. The van der Waals surface area contributed by atoms with Gasteiger partial charge in [-0.25, -0.2) is 4.98 Å². The van der Waals surface area contributed by atoms with Crippen molar-refractivity contribution in [1.82, 2.24) is 15.5 Å². The second-order valence-corrected chi connectivity index (χ2v) is 4.38. The van der Waals surface area contributed by atoms with Crippen LogP contribution in [0.4, 0.5) is 0 Å². The maximum Gasteiger partial charge on any atom is 0.142 e. The first kappa shape index (κ1) is 10.3. The van der Waals surface area contributed by atoms with E-state index in [1.54, 1.807) is 17.5 Å². The number of likely N-dealkylation sites (N-methyl/N-ethyl adjacent to an activating group) is 1. The monoisotopic (exact) mass is 223 g/mol. The molecular weight excluding hydrogens is 210 g/mol. The van der Waals surface area contributed by atoms with Crippen LogP contribution in [0.1, 0.15) is 10.8 Å². The molecule has 0 spiro atoms. The molecule has 5 heteroatoms. The fraction of sp³-hybridized carbons (Fsp3) is 0.400. The Kier molecular flexibility index (Phi) is 3.13. The predicted molar refractivity (Wildman–Crippen MR) is 60.0 cm³/mol. The number of hydrogen-bond donors (Lipinski definition) is 1. The molecule has 0 atom stereocenters. The van der Waals surface area contributed by atoms with E-state index < -0.39 is 0 Å². The lowest BCUT2D eigenvalue weighted by Gasteiger charge is -1.93. The van der Waals surface area contributed by atoms with Crippen LogP contribution < -0.4 is 5.32 Å². The van der Waals surface area contributed by atoms with Gasteiger partial charge in [-0.1, -0.05) is 5.16 Å². The first-order valence-electron chi connectivity index (χ1n) is 4.82. The molecule has 2 aromatic rings. The van der Waals surface area contributed by atoms with Gasteiger partial charge in [-0.2, -0.15) is 0 Å². The fourth-order valence-corrected chi connectivity index (χ4v) is 2.29. The van der Waals surface area contributed by atoms with Crippen molar-refractivity contribution in [3.63, 3.8) is 0 Å². The Labute approximate surface area is 92.3 Å². The molecule has 0 saturated heterocycles. The Morgan fingerprint density at radius 1 is 1.47 bits per heavy atom. The van der Waals surface area contributed by atoms with Gasteiger partial charge in [-0.15, -0.1) is 11.3 Å². The third-order valence-corrected chi connectivity index (χ3v) is 3.25. The standard InChI is InChI=1S/C10H13N3OS/c1-7-8(5-13-14-7)9-6-12-10(15-9)3-4-11-2/h5-6,11H,3-4H2,1-2H3. The molecule has 2 rings (SSSR count). The highest BCUT2D eigenvalue weighted by Gasteiger charge is 2.09. The maximum atomic E-state index is 5.03. The van der Waals surface area contributed by atoms with Gasteiger partial charge in [0.05, 0.1) is 21.6 Å². The van der Waals surface area contributed by atoms with Crippen LogP contribution in [0.15, 0.2) is 16.9 Å². The minimum Gasteiger partial charge on any atom is -0.361 e. The summed E-state index contributed by atoms with van der Waals surface area (Å²) in [6.45, 7) is 2.87. The van der Waals surface area contributed by atoms with Gasteiger partial charge in [0.1, 0.15) is 5.76 Å². The zero-order valence-electron chi connectivity index (χ0n) is 8.78. The summed E-state index contributed by atoms with van der Waals surface area (Å²) in [4.78, 5) is 5.48. The summed E-state index contributed by atoms with van der Waals surface area (Å²) in [6, 6.07) is 0. The van der Waals surface area contributed by atoms with Crippen molar-refractivity contribution < 1.29 is 4.52 Å². The topological polar surface area (TPSA) is 51.0 Å². The molecule has 0 aliphatic carbocycles. The van der Waals surface area contributed by atoms with Gasteiger partial charge >= 0.3 is 0 Å². The molecule has 0 aliphatic rings. The average Bonchev–Trinajstić information content (AvgIpc) is 2.83. The van der Waals surface area contributed by atoms with E-state index in [4.69, 9.17) is 4.52 Å². The van der Waals surface area contributed by atoms with Crippen molar-refractivity contribution in [2.75, 3.05) is 13.6 Å². The molecular formula is C10H13N3OS. The van der Waals surface area contributed by atoms with E-state index >= 15 is 0 Å². The van der Waals surface area contributed by atoms with Gasteiger partial charge in [0, 0.05) is 19.2 Å².